The number of carbonyl (C=O) groups is 3. The second-order valence-corrected chi connectivity index (χ2v) is 7.02. The van der Waals surface area contributed by atoms with Crippen molar-refractivity contribution in [3.8, 4) is 0 Å². The summed E-state index contributed by atoms with van der Waals surface area (Å²) in [4.78, 5) is 37.7. The van der Waals surface area contributed by atoms with Gasteiger partial charge in [-0.3, -0.25) is 14.4 Å². The van der Waals surface area contributed by atoms with E-state index < -0.39 is 28.9 Å². The van der Waals surface area contributed by atoms with Crippen molar-refractivity contribution in [2.75, 3.05) is 18.4 Å². The van der Waals surface area contributed by atoms with Crippen LogP contribution in [0.4, 0.5) is 18.9 Å². The lowest BCUT2D eigenvalue weighted by Gasteiger charge is -2.32. The highest BCUT2D eigenvalue weighted by Crippen LogP contribution is 2.19. The predicted octanol–water partition coefficient (Wildman–Crippen LogP) is 3.10. The van der Waals surface area contributed by atoms with Crippen LogP contribution in [0.15, 0.2) is 36.4 Å². The summed E-state index contributed by atoms with van der Waals surface area (Å²) in [5.74, 6) is -5.87. The molecule has 9 heteroatoms. The highest BCUT2D eigenvalue weighted by Gasteiger charge is 2.26. The Kier molecular flexibility index (Phi) is 6.39. The molecule has 3 rings (SSSR count). The lowest BCUT2D eigenvalue weighted by molar-refractivity contribution is -0.114. The molecule has 1 aliphatic heterocycles. The van der Waals surface area contributed by atoms with E-state index in [1.807, 2.05) is 0 Å². The average Bonchev–Trinajstić information content (AvgIpc) is 2.72. The predicted molar refractivity (Wildman–Crippen MR) is 103 cm³/mol. The van der Waals surface area contributed by atoms with Crippen LogP contribution in [-0.4, -0.2) is 41.8 Å². The second-order valence-electron chi connectivity index (χ2n) is 7.02. The van der Waals surface area contributed by atoms with Gasteiger partial charge in [0.05, 0.1) is 5.56 Å². The lowest BCUT2D eigenvalue weighted by Crippen LogP contribution is -2.46. The van der Waals surface area contributed by atoms with Gasteiger partial charge in [0.15, 0.2) is 17.5 Å². The van der Waals surface area contributed by atoms with E-state index in [0.717, 1.165) is 6.07 Å². The number of nitrogens with zero attached hydrogens (tertiary/aromatic N) is 1. The molecule has 0 spiro atoms. The number of halogens is 3. The van der Waals surface area contributed by atoms with Crippen LogP contribution >= 0.6 is 0 Å². The van der Waals surface area contributed by atoms with E-state index in [1.54, 1.807) is 29.2 Å². The van der Waals surface area contributed by atoms with E-state index in [1.165, 1.54) is 6.92 Å². The molecule has 30 heavy (non-hydrogen) atoms. The lowest BCUT2D eigenvalue weighted by atomic mass is 10.0. The molecule has 3 amide bonds. The minimum absolute atomic E-state index is 0.210. The van der Waals surface area contributed by atoms with Gasteiger partial charge >= 0.3 is 0 Å². The smallest absolute Gasteiger partial charge is 0.254 e. The maximum absolute atomic E-state index is 13.8. The summed E-state index contributed by atoms with van der Waals surface area (Å²) in [5, 5.41) is 5.22. The third-order valence-corrected chi connectivity index (χ3v) is 4.83. The van der Waals surface area contributed by atoms with Crippen LogP contribution in [0.5, 0.6) is 0 Å². The van der Waals surface area contributed by atoms with Crippen molar-refractivity contribution in [1.29, 1.82) is 0 Å². The van der Waals surface area contributed by atoms with Gasteiger partial charge in [0.25, 0.3) is 11.8 Å². The Hall–Kier alpha value is -3.36. The van der Waals surface area contributed by atoms with Gasteiger partial charge in [-0.15, -0.1) is 0 Å². The van der Waals surface area contributed by atoms with E-state index in [9.17, 15) is 27.6 Å². The summed E-state index contributed by atoms with van der Waals surface area (Å²) in [6, 6.07) is 7.84. The van der Waals surface area contributed by atoms with Gasteiger partial charge in [-0.05, 0) is 43.2 Å². The summed E-state index contributed by atoms with van der Waals surface area (Å²) in [5.41, 5.74) is 0.374. The fraction of sp³-hybridized carbons (Fsp3) is 0.286. The van der Waals surface area contributed by atoms with Crippen LogP contribution in [0.1, 0.15) is 40.5 Å². The molecule has 158 valence electrons. The summed E-state index contributed by atoms with van der Waals surface area (Å²) < 4.78 is 40.1. The van der Waals surface area contributed by atoms with Crippen molar-refractivity contribution in [3.63, 3.8) is 0 Å². The van der Waals surface area contributed by atoms with Crippen molar-refractivity contribution in [1.82, 2.24) is 10.2 Å². The van der Waals surface area contributed by atoms with Gasteiger partial charge < -0.3 is 15.5 Å². The number of nitrogens with one attached hydrogen (secondary N) is 2. The van der Waals surface area contributed by atoms with Gasteiger partial charge in [-0.25, -0.2) is 13.2 Å². The van der Waals surface area contributed by atoms with Crippen molar-refractivity contribution in [2.24, 2.45) is 0 Å². The zero-order chi connectivity index (χ0) is 21.8. The highest BCUT2D eigenvalue weighted by molar-refractivity contribution is 5.97. The molecule has 2 aromatic rings. The van der Waals surface area contributed by atoms with E-state index in [0.29, 0.717) is 43.2 Å². The van der Waals surface area contributed by atoms with Crippen LogP contribution in [0.3, 0.4) is 0 Å². The number of hydrogen-bond acceptors (Lipinski definition) is 3. The van der Waals surface area contributed by atoms with Crippen molar-refractivity contribution in [3.05, 3.63) is 65.0 Å². The quantitative estimate of drug-likeness (QED) is 0.748. The fourth-order valence-corrected chi connectivity index (χ4v) is 3.31. The Bertz CT molecular complexity index is 989. The maximum atomic E-state index is 13.8. The average molecular weight is 419 g/mol. The maximum Gasteiger partial charge on any atom is 0.254 e. The Morgan fingerprint density at radius 2 is 1.70 bits per heavy atom. The second kappa shape index (κ2) is 8.98. The van der Waals surface area contributed by atoms with Gasteiger partial charge in [0.2, 0.25) is 5.91 Å². The van der Waals surface area contributed by atoms with Crippen LogP contribution in [0, 0.1) is 17.5 Å². The molecule has 0 saturated carbocycles. The van der Waals surface area contributed by atoms with Gasteiger partial charge in [-0.2, -0.15) is 0 Å². The molecule has 0 bridgehead atoms. The van der Waals surface area contributed by atoms with Crippen molar-refractivity contribution in [2.45, 2.75) is 25.8 Å². The van der Waals surface area contributed by atoms with Crippen LogP contribution in [0.2, 0.25) is 0 Å². The monoisotopic (exact) mass is 419 g/mol. The molecule has 2 aromatic carbocycles. The first-order valence-electron chi connectivity index (χ1n) is 9.37. The van der Waals surface area contributed by atoms with Crippen molar-refractivity contribution >= 4 is 23.4 Å². The van der Waals surface area contributed by atoms with Gasteiger partial charge in [-0.1, -0.05) is 6.07 Å². The molecule has 2 N–H and O–H groups in total. The van der Waals surface area contributed by atoms with Crippen molar-refractivity contribution < 1.29 is 27.6 Å². The zero-order valence-corrected chi connectivity index (χ0v) is 16.2. The first kappa shape index (κ1) is 21.4. The summed E-state index contributed by atoms with van der Waals surface area (Å²) in [6.07, 6.45) is 0.850. The number of rotatable bonds is 4. The Morgan fingerprint density at radius 3 is 2.37 bits per heavy atom. The number of piperidine rings is 1. The van der Waals surface area contributed by atoms with Crippen LogP contribution < -0.4 is 10.6 Å². The minimum Gasteiger partial charge on any atom is -0.349 e. The highest BCUT2D eigenvalue weighted by atomic mass is 19.2. The van der Waals surface area contributed by atoms with E-state index in [4.69, 9.17) is 0 Å². The Balaban J connectivity index is 1.58. The molecule has 0 aromatic heterocycles. The third kappa shape index (κ3) is 4.79. The summed E-state index contributed by atoms with van der Waals surface area (Å²) in [6.45, 7) is 2.09. The first-order valence-corrected chi connectivity index (χ1v) is 9.37. The molecule has 1 fully saturated rings. The normalized spacial score (nSPS) is 14.3. The number of likely N-dealkylation sites (tertiary alicyclic amines) is 1. The minimum atomic E-state index is -1.69. The van der Waals surface area contributed by atoms with Crippen LogP contribution in [0.25, 0.3) is 0 Å². The summed E-state index contributed by atoms with van der Waals surface area (Å²) >= 11 is 0. The first-order chi connectivity index (χ1) is 14.3. The van der Waals surface area contributed by atoms with E-state index >= 15 is 0 Å². The SMILES string of the molecule is CC(=O)Nc1cccc(C(=O)N2CCC(NC(=O)c3ccc(F)c(F)c3F)CC2)c1. The van der Waals surface area contributed by atoms with Gasteiger partial charge in [0.1, 0.15) is 0 Å². The molecule has 6 nitrogen and oxygen atoms in total. The number of amides is 3. The molecule has 0 radical (unpaired) electrons. The summed E-state index contributed by atoms with van der Waals surface area (Å²) in [7, 11) is 0. The fourth-order valence-electron chi connectivity index (χ4n) is 3.31. The molecule has 1 aliphatic rings. The Labute approximate surface area is 171 Å². The zero-order valence-electron chi connectivity index (χ0n) is 16.2. The topological polar surface area (TPSA) is 78.5 Å². The number of hydrogen-bond donors (Lipinski definition) is 2. The van der Waals surface area contributed by atoms with E-state index in [-0.39, 0.29) is 17.9 Å². The molecule has 1 saturated heterocycles. The largest absolute Gasteiger partial charge is 0.349 e. The number of carbonyl (C=O) groups excluding carboxylic acids is 3. The standard InChI is InChI=1S/C21H20F3N3O3/c1-12(28)25-15-4-2-3-13(11-15)21(30)27-9-7-14(8-10-27)26-20(29)16-5-6-17(22)19(24)18(16)23/h2-6,11,14H,7-10H2,1H3,(H,25,28)(H,26,29). The Morgan fingerprint density at radius 1 is 1.00 bits per heavy atom. The molecular formula is C21H20F3N3O3. The molecule has 0 unspecified atom stereocenters. The third-order valence-electron chi connectivity index (χ3n) is 4.83. The van der Waals surface area contributed by atoms with Crippen LogP contribution in [-0.2, 0) is 4.79 Å². The molecule has 1 heterocycles. The van der Waals surface area contributed by atoms with Gasteiger partial charge in [0, 0.05) is 37.3 Å². The van der Waals surface area contributed by atoms with E-state index in [2.05, 4.69) is 10.6 Å². The molecular weight excluding hydrogens is 399 g/mol. The number of benzene rings is 2. The molecule has 0 aliphatic carbocycles. The molecule has 0 atom stereocenters. The number of anilines is 1.